The van der Waals surface area contributed by atoms with Crippen LogP contribution in [0, 0.1) is 12.8 Å². The minimum absolute atomic E-state index is 0.0664. The Labute approximate surface area is 131 Å². The molecule has 0 bridgehead atoms. The molecule has 0 aliphatic heterocycles. The van der Waals surface area contributed by atoms with Crippen LogP contribution >= 0.6 is 0 Å². The summed E-state index contributed by atoms with van der Waals surface area (Å²) in [6, 6.07) is 10.2. The van der Waals surface area contributed by atoms with E-state index in [1.54, 1.807) is 4.68 Å². The van der Waals surface area contributed by atoms with Crippen LogP contribution in [0.3, 0.4) is 0 Å². The maximum Gasteiger partial charge on any atom is 0.232 e. The maximum atomic E-state index is 12.9. The number of hydrogen-bond donors (Lipinski definition) is 1. The number of benzene rings is 1. The summed E-state index contributed by atoms with van der Waals surface area (Å²) >= 11 is 0. The van der Waals surface area contributed by atoms with E-state index in [1.807, 2.05) is 38.4 Å². The molecular formula is C18H23N3O. The van der Waals surface area contributed by atoms with Gasteiger partial charge in [0.1, 0.15) is 0 Å². The van der Waals surface area contributed by atoms with Crippen molar-refractivity contribution in [2.75, 3.05) is 5.32 Å². The highest BCUT2D eigenvalue weighted by atomic mass is 16.1. The third-order valence-corrected chi connectivity index (χ3v) is 4.58. The van der Waals surface area contributed by atoms with Crippen LogP contribution in [-0.2, 0) is 11.8 Å². The molecule has 22 heavy (non-hydrogen) atoms. The molecule has 0 spiro atoms. The third-order valence-electron chi connectivity index (χ3n) is 4.58. The van der Waals surface area contributed by atoms with Gasteiger partial charge in [0.05, 0.1) is 17.3 Å². The molecule has 2 aromatic rings. The summed E-state index contributed by atoms with van der Waals surface area (Å²) in [6.07, 6.45) is 6.60. The first-order valence-electron chi connectivity index (χ1n) is 8.01. The molecule has 1 heterocycles. The van der Waals surface area contributed by atoms with Crippen LogP contribution < -0.4 is 5.32 Å². The molecule has 1 aliphatic carbocycles. The molecule has 1 N–H and O–H groups in total. The molecule has 1 aromatic carbocycles. The van der Waals surface area contributed by atoms with Crippen molar-refractivity contribution >= 4 is 11.6 Å². The van der Waals surface area contributed by atoms with Gasteiger partial charge in [0, 0.05) is 13.2 Å². The Morgan fingerprint density at radius 1 is 1.27 bits per heavy atom. The predicted molar refractivity (Wildman–Crippen MR) is 87.7 cm³/mol. The van der Waals surface area contributed by atoms with E-state index in [-0.39, 0.29) is 11.8 Å². The monoisotopic (exact) mass is 297 g/mol. The fourth-order valence-corrected chi connectivity index (χ4v) is 3.52. The summed E-state index contributed by atoms with van der Waals surface area (Å²) in [4.78, 5) is 12.9. The Balaban J connectivity index is 1.85. The first-order chi connectivity index (χ1) is 10.6. The van der Waals surface area contributed by atoms with E-state index in [1.165, 1.54) is 12.8 Å². The summed E-state index contributed by atoms with van der Waals surface area (Å²) in [7, 11) is 1.87. The van der Waals surface area contributed by atoms with E-state index in [4.69, 9.17) is 0 Å². The lowest BCUT2D eigenvalue weighted by molar-refractivity contribution is -0.118. The van der Waals surface area contributed by atoms with E-state index >= 15 is 0 Å². The fraction of sp³-hybridized carbons (Fsp3) is 0.444. The van der Waals surface area contributed by atoms with Gasteiger partial charge >= 0.3 is 0 Å². The lowest BCUT2D eigenvalue weighted by Crippen LogP contribution is -2.26. The average Bonchev–Trinajstić information content (AvgIpc) is 3.11. The molecule has 1 unspecified atom stereocenters. The molecule has 1 aromatic heterocycles. The topological polar surface area (TPSA) is 46.9 Å². The van der Waals surface area contributed by atoms with Crippen molar-refractivity contribution in [1.82, 2.24) is 9.78 Å². The lowest BCUT2D eigenvalue weighted by atomic mass is 9.84. The van der Waals surface area contributed by atoms with Crippen LogP contribution in [0.15, 0.2) is 36.5 Å². The molecule has 1 fully saturated rings. The number of rotatable bonds is 4. The molecule has 1 amide bonds. The van der Waals surface area contributed by atoms with Gasteiger partial charge in [-0.05, 0) is 31.2 Å². The van der Waals surface area contributed by atoms with Gasteiger partial charge in [0.25, 0.3) is 0 Å². The van der Waals surface area contributed by atoms with Crippen molar-refractivity contribution in [2.45, 2.75) is 38.5 Å². The van der Waals surface area contributed by atoms with Crippen molar-refractivity contribution in [1.29, 1.82) is 0 Å². The van der Waals surface area contributed by atoms with Crippen LogP contribution in [0.25, 0.3) is 0 Å². The highest BCUT2D eigenvalue weighted by Crippen LogP contribution is 2.38. The fourth-order valence-electron chi connectivity index (χ4n) is 3.52. The molecular weight excluding hydrogens is 274 g/mol. The Kier molecular flexibility index (Phi) is 4.27. The van der Waals surface area contributed by atoms with Gasteiger partial charge in [-0.15, -0.1) is 0 Å². The molecule has 3 rings (SSSR count). The van der Waals surface area contributed by atoms with E-state index in [0.29, 0.717) is 5.92 Å². The van der Waals surface area contributed by atoms with E-state index < -0.39 is 0 Å². The molecule has 4 heteroatoms. The van der Waals surface area contributed by atoms with E-state index in [9.17, 15) is 4.79 Å². The van der Waals surface area contributed by atoms with E-state index in [0.717, 1.165) is 29.8 Å². The summed E-state index contributed by atoms with van der Waals surface area (Å²) in [5.74, 6) is 0.469. The number of nitrogens with zero attached hydrogens (tertiary/aromatic N) is 2. The Morgan fingerprint density at radius 2 is 1.95 bits per heavy atom. The van der Waals surface area contributed by atoms with Crippen LogP contribution in [-0.4, -0.2) is 15.7 Å². The van der Waals surface area contributed by atoms with Gasteiger partial charge in [-0.2, -0.15) is 5.10 Å². The zero-order chi connectivity index (χ0) is 15.5. The lowest BCUT2D eigenvalue weighted by Gasteiger charge is -2.23. The van der Waals surface area contributed by atoms with Crippen molar-refractivity contribution in [3.63, 3.8) is 0 Å². The molecule has 1 saturated carbocycles. The maximum absolute atomic E-state index is 12.9. The predicted octanol–water partition coefficient (Wildman–Crippen LogP) is 3.64. The quantitative estimate of drug-likeness (QED) is 0.936. The molecule has 4 nitrogen and oxygen atoms in total. The second-order valence-electron chi connectivity index (χ2n) is 6.22. The Hall–Kier alpha value is -2.10. The molecule has 1 aliphatic rings. The second-order valence-corrected chi connectivity index (χ2v) is 6.22. The van der Waals surface area contributed by atoms with Gasteiger partial charge < -0.3 is 5.32 Å². The summed E-state index contributed by atoms with van der Waals surface area (Å²) < 4.78 is 1.73. The number of hydrogen-bond acceptors (Lipinski definition) is 2. The minimum atomic E-state index is -0.0664. The average molecular weight is 297 g/mol. The molecule has 0 radical (unpaired) electrons. The standard InChI is InChI=1S/C18H23N3O/c1-13-16(12-21(2)20-13)19-18(22)17(15-10-6-7-11-15)14-8-4-3-5-9-14/h3-5,8-9,12,15,17H,6-7,10-11H2,1-2H3,(H,19,22). The van der Waals surface area contributed by atoms with Gasteiger partial charge in [0.2, 0.25) is 5.91 Å². The molecule has 1 atom stereocenters. The minimum Gasteiger partial charge on any atom is -0.323 e. The zero-order valence-electron chi connectivity index (χ0n) is 13.2. The highest BCUT2D eigenvalue weighted by Gasteiger charge is 2.32. The summed E-state index contributed by atoms with van der Waals surface area (Å²) in [5, 5.41) is 7.38. The van der Waals surface area contributed by atoms with Crippen LogP contribution in [0.2, 0.25) is 0 Å². The number of anilines is 1. The van der Waals surface area contributed by atoms with Crippen LogP contribution in [0.1, 0.15) is 42.9 Å². The highest BCUT2D eigenvalue weighted by molar-refractivity contribution is 5.96. The summed E-state index contributed by atoms with van der Waals surface area (Å²) in [6.45, 7) is 1.92. The van der Waals surface area contributed by atoms with Crippen molar-refractivity contribution in [3.05, 3.63) is 47.8 Å². The van der Waals surface area contributed by atoms with Gasteiger partial charge in [-0.3, -0.25) is 9.48 Å². The Bertz CT molecular complexity index is 642. The summed E-state index contributed by atoms with van der Waals surface area (Å²) in [5.41, 5.74) is 2.79. The van der Waals surface area contributed by atoms with E-state index in [2.05, 4.69) is 22.5 Å². The van der Waals surface area contributed by atoms with Crippen LogP contribution in [0.4, 0.5) is 5.69 Å². The number of carbonyl (C=O) groups is 1. The van der Waals surface area contributed by atoms with Gasteiger partial charge in [0.15, 0.2) is 0 Å². The second kappa shape index (κ2) is 6.34. The first kappa shape index (κ1) is 14.8. The smallest absolute Gasteiger partial charge is 0.232 e. The van der Waals surface area contributed by atoms with Gasteiger partial charge in [-0.1, -0.05) is 43.2 Å². The van der Waals surface area contributed by atoms with Gasteiger partial charge in [-0.25, -0.2) is 0 Å². The number of carbonyl (C=O) groups excluding carboxylic acids is 1. The van der Waals surface area contributed by atoms with Crippen LogP contribution in [0.5, 0.6) is 0 Å². The number of nitrogens with one attached hydrogen (secondary N) is 1. The number of aryl methyl sites for hydroxylation is 2. The Morgan fingerprint density at radius 3 is 2.55 bits per heavy atom. The normalized spacial score (nSPS) is 16.6. The van der Waals surface area contributed by atoms with Crippen molar-refractivity contribution in [3.8, 4) is 0 Å². The SMILES string of the molecule is Cc1nn(C)cc1NC(=O)C(c1ccccc1)C1CCCC1. The van der Waals surface area contributed by atoms with Crippen molar-refractivity contribution < 1.29 is 4.79 Å². The number of amides is 1. The zero-order valence-corrected chi connectivity index (χ0v) is 13.2. The molecule has 116 valence electrons. The molecule has 0 saturated heterocycles. The van der Waals surface area contributed by atoms with Crippen molar-refractivity contribution in [2.24, 2.45) is 13.0 Å². The largest absolute Gasteiger partial charge is 0.323 e. The third kappa shape index (κ3) is 3.06. The first-order valence-corrected chi connectivity index (χ1v) is 8.01. The number of aromatic nitrogens is 2.